The van der Waals surface area contributed by atoms with Crippen molar-refractivity contribution in [3.63, 3.8) is 0 Å². The van der Waals surface area contributed by atoms with Crippen molar-refractivity contribution in [1.29, 1.82) is 0 Å². The fourth-order valence-corrected chi connectivity index (χ4v) is 10.4. The molecule has 6 aromatic carbocycles. The van der Waals surface area contributed by atoms with Crippen LogP contribution in [-0.4, -0.2) is 14.5 Å². The Morgan fingerprint density at radius 2 is 1.11 bits per heavy atom. The van der Waals surface area contributed by atoms with Crippen molar-refractivity contribution in [2.45, 2.75) is 15.2 Å². The molecule has 5 nitrogen and oxygen atoms in total. The highest BCUT2D eigenvalue weighted by molar-refractivity contribution is 7.99. The standard InChI is InChI=1S/C47H28N4OS/c1-4-18-36-30(13-1)31-14-2-5-19-37(31)50(36)29-27-35-45(49-28-29)44-33(17-12-26-48-44)47(35)32-15-3-10-25-43(32)53-46-34(47)16-11-22-40(46)51-38-20-6-8-23-41(38)52-42-24-9-7-21-39(42)51/h1-28H. The Balaban J connectivity index is 1.18. The number of benzene rings is 6. The molecule has 0 amide bonds. The first-order valence-corrected chi connectivity index (χ1v) is 18.6. The molecule has 3 aliphatic rings. The van der Waals surface area contributed by atoms with Gasteiger partial charge in [0.2, 0.25) is 0 Å². The Bertz CT molecular complexity index is 2910. The summed E-state index contributed by atoms with van der Waals surface area (Å²) in [6.07, 6.45) is 3.92. The molecule has 0 fully saturated rings. The van der Waals surface area contributed by atoms with Gasteiger partial charge < -0.3 is 14.2 Å². The van der Waals surface area contributed by atoms with Crippen molar-refractivity contribution in [2.75, 3.05) is 4.90 Å². The average molecular weight is 697 g/mol. The van der Waals surface area contributed by atoms with Crippen LogP contribution in [0.25, 0.3) is 38.9 Å². The Kier molecular flexibility index (Phi) is 5.85. The van der Waals surface area contributed by atoms with E-state index in [1.807, 2.05) is 36.3 Å². The van der Waals surface area contributed by atoms with Crippen LogP contribution in [0.4, 0.5) is 17.1 Å². The Morgan fingerprint density at radius 3 is 1.89 bits per heavy atom. The van der Waals surface area contributed by atoms with Crippen LogP contribution in [0.2, 0.25) is 0 Å². The van der Waals surface area contributed by atoms with E-state index in [2.05, 4.69) is 155 Å². The predicted molar refractivity (Wildman–Crippen MR) is 213 cm³/mol. The minimum absolute atomic E-state index is 0.667. The molecule has 53 heavy (non-hydrogen) atoms. The van der Waals surface area contributed by atoms with Crippen LogP contribution in [0.3, 0.4) is 0 Å². The van der Waals surface area contributed by atoms with Gasteiger partial charge in [-0.1, -0.05) is 109 Å². The van der Waals surface area contributed by atoms with Gasteiger partial charge in [-0.2, -0.15) is 0 Å². The van der Waals surface area contributed by atoms with Gasteiger partial charge in [-0.3, -0.25) is 9.97 Å². The van der Waals surface area contributed by atoms with E-state index in [9.17, 15) is 0 Å². The van der Waals surface area contributed by atoms with E-state index in [1.54, 1.807) is 0 Å². The zero-order valence-corrected chi connectivity index (χ0v) is 29.1. The normalized spacial score (nSPS) is 16.0. The van der Waals surface area contributed by atoms with Crippen LogP contribution in [0.1, 0.15) is 22.3 Å². The molecule has 0 saturated heterocycles. The van der Waals surface area contributed by atoms with Gasteiger partial charge in [0.15, 0.2) is 11.5 Å². The number of anilines is 3. The van der Waals surface area contributed by atoms with Crippen LogP contribution < -0.4 is 9.64 Å². The number of hydrogen-bond donors (Lipinski definition) is 0. The number of pyridine rings is 2. The van der Waals surface area contributed by atoms with Gasteiger partial charge in [0, 0.05) is 32.3 Å². The SMILES string of the molecule is c1ccc2c(c1)Oc1ccccc1N2c1cccc2c1Sc1ccccc1C21c2cccnc2-c2ncc(-n3c4ccccc4c4ccccc43)cc21. The van der Waals surface area contributed by atoms with Crippen molar-refractivity contribution >= 4 is 50.6 Å². The van der Waals surface area contributed by atoms with Crippen molar-refractivity contribution < 1.29 is 4.74 Å². The summed E-state index contributed by atoms with van der Waals surface area (Å²) in [5.41, 5.74) is 12.4. The van der Waals surface area contributed by atoms with Crippen molar-refractivity contribution in [3.8, 4) is 28.6 Å². The maximum Gasteiger partial charge on any atom is 0.151 e. The van der Waals surface area contributed by atoms with Crippen LogP contribution in [0.15, 0.2) is 180 Å². The molecule has 0 radical (unpaired) electrons. The number of para-hydroxylation sites is 6. The van der Waals surface area contributed by atoms with E-state index in [0.717, 1.165) is 67.8 Å². The summed E-state index contributed by atoms with van der Waals surface area (Å²) in [5, 5.41) is 2.45. The van der Waals surface area contributed by atoms with Gasteiger partial charge in [0.25, 0.3) is 0 Å². The van der Waals surface area contributed by atoms with Crippen LogP contribution in [0.5, 0.6) is 11.5 Å². The Hall–Kier alpha value is -6.63. The van der Waals surface area contributed by atoms with Gasteiger partial charge in [0.05, 0.1) is 56.8 Å². The highest BCUT2D eigenvalue weighted by Gasteiger charge is 2.52. The smallest absolute Gasteiger partial charge is 0.151 e. The number of nitrogens with zero attached hydrogens (tertiary/aromatic N) is 4. The van der Waals surface area contributed by atoms with Crippen molar-refractivity contribution in [3.05, 3.63) is 192 Å². The monoisotopic (exact) mass is 696 g/mol. The molecule has 248 valence electrons. The lowest BCUT2D eigenvalue weighted by Gasteiger charge is -2.41. The average Bonchev–Trinajstić information content (AvgIpc) is 3.70. The molecule has 12 rings (SSSR count). The highest BCUT2D eigenvalue weighted by Crippen LogP contribution is 2.64. The molecule has 0 bridgehead atoms. The summed E-state index contributed by atoms with van der Waals surface area (Å²) in [6, 6.07) is 56.3. The molecule has 5 heterocycles. The molecular weight excluding hydrogens is 669 g/mol. The lowest BCUT2D eigenvalue weighted by Crippen LogP contribution is -2.33. The first kappa shape index (κ1) is 29.0. The molecule has 1 spiro atoms. The fourth-order valence-electron chi connectivity index (χ4n) is 9.06. The van der Waals surface area contributed by atoms with E-state index in [-0.39, 0.29) is 0 Å². The first-order valence-electron chi connectivity index (χ1n) is 17.8. The maximum absolute atomic E-state index is 6.46. The van der Waals surface area contributed by atoms with Gasteiger partial charge >= 0.3 is 0 Å². The van der Waals surface area contributed by atoms with E-state index < -0.39 is 5.41 Å². The minimum Gasteiger partial charge on any atom is -0.453 e. The van der Waals surface area contributed by atoms with Crippen LogP contribution in [-0.2, 0) is 5.41 Å². The summed E-state index contributed by atoms with van der Waals surface area (Å²) in [6.45, 7) is 0. The van der Waals surface area contributed by atoms with Crippen LogP contribution in [0, 0.1) is 0 Å². The van der Waals surface area contributed by atoms with E-state index in [1.165, 1.54) is 31.7 Å². The van der Waals surface area contributed by atoms with E-state index in [4.69, 9.17) is 14.7 Å². The van der Waals surface area contributed by atoms with Crippen molar-refractivity contribution in [2.24, 2.45) is 0 Å². The van der Waals surface area contributed by atoms with E-state index >= 15 is 0 Å². The van der Waals surface area contributed by atoms with E-state index in [0.29, 0.717) is 0 Å². The lowest BCUT2D eigenvalue weighted by molar-refractivity contribution is 0.477. The molecule has 0 saturated carbocycles. The summed E-state index contributed by atoms with van der Waals surface area (Å²) in [5.74, 6) is 1.67. The van der Waals surface area contributed by atoms with Gasteiger partial charge in [-0.15, -0.1) is 0 Å². The van der Waals surface area contributed by atoms with Crippen LogP contribution >= 0.6 is 11.8 Å². The third-order valence-corrected chi connectivity index (χ3v) is 12.3. The second-order valence-corrected chi connectivity index (χ2v) is 14.8. The quantitative estimate of drug-likeness (QED) is 0.180. The number of hydrogen-bond acceptors (Lipinski definition) is 5. The fraction of sp³-hybridized carbons (Fsp3) is 0.0213. The molecule has 0 N–H and O–H groups in total. The molecule has 1 unspecified atom stereocenters. The molecule has 1 aliphatic carbocycles. The summed E-state index contributed by atoms with van der Waals surface area (Å²) in [7, 11) is 0. The van der Waals surface area contributed by atoms with Gasteiger partial charge in [-0.05, 0) is 77.4 Å². The Labute approximate surface area is 309 Å². The molecule has 9 aromatic rings. The van der Waals surface area contributed by atoms with Gasteiger partial charge in [-0.25, -0.2) is 0 Å². The largest absolute Gasteiger partial charge is 0.453 e. The predicted octanol–water partition coefficient (Wildman–Crippen LogP) is 12.0. The molecular formula is C47H28N4OS. The third-order valence-electron chi connectivity index (χ3n) is 11.1. The molecule has 1 atom stereocenters. The lowest BCUT2D eigenvalue weighted by atomic mass is 9.67. The molecule has 3 aromatic heterocycles. The number of rotatable bonds is 2. The molecule has 6 heteroatoms. The molecule has 2 aliphatic heterocycles. The first-order chi connectivity index (χ1) is 26.3. The second kappa shape index (κ2) is 10.7. The number of ether oxygens (including phenoxy) is 1. The zero-order valence-electron chi connectivity index (χ0n) is 28.3. The maximum atomic E-state index is 6.46. The summed E-state index contributed by atoms with van der Waals surface area (Å²) < 4.78 is 8.82. The van der Waals surface area contributed by atoms with Gasteiger partial charge in [0.1, 0.15) is 0 Å². The summed E-state index contributed by atoms with van der Waals surface area (Å²) >= 11 is 1.84. The number of fused-ring (bicyclic) bond motifs is 14. The minimum atomic E-state index is -0.667. The summed E-state index contributed by atoms with van der Waals surface area (Å²) in [4.78, 5) is 15.2. The third kappa shape index (κ3) is 3.77. The second-order valence-electron chi connectivity index (χ2n) is 13.7. The zero-order chi connectivity index (χ0) is 34.7. The topological polar surface area (TPSA) is 43.2 Å². The number of aromatic nitrogens is 3. The highest BCUT2D eigenvalue weighted by atomic mass is 32.2. The van der Waals surface area contributed by atoms with Crippen molar-refractivity contribution in [1.82, 2.24) is 14.5 Å². The Morgan fingerprint density at radius 1 is 0.509 bits per heavy atom.